The summed E-state index contributed by atoms with van der Waals surface area (Å²) in [5.41, 5.74) is 0. The van der Waals surface area contributed by atoms with Crippen LogP contribution in [-0.2, 0) is 9.59 Å². The minimum atomic E-state index is -0.0668. The van der Waals surface area contributed by atoms with Gasteiger partial charge in [-0.1, -0.05) is 0 Å². The van der Waals surface area contributed by atoms with Crippen molar-refractivity contribution in [1.29, 1.82) is 0 Å². The molecular weight excluding hydrogens is 204 g/mol. The number of Topliss-reactive ketones (excluding diaryl/α,β-unsaturated/α-hetero) is 1. The molecule has 1 aliphatic rings. The molecule has 0 aromatic heterocycles. The molecule has 1 aliphatic heterocycles. The smallest absolute Gasteiger partial charge is 0.239 e. The van der Waals surface area contributed by atoms with Crippen LogP contribution in [0.4, 0.5) is 0 Å². The van der Waals surface area contributed by atoms with Gasteiger partial charge in [0.15, 0.2) is 0 Å². The summed E-state index contributed by atoms with van der Waals surface area (Å²) >= 11 is 0. The molecule has 0 saturated carbocycles. The minimum Gasteiger partial charge on any atom is -0.347 e. The second kappa shape index (κ2) is 5.43. The number of nitrogens with zero attached hydrogens (tertiary/aromatic N) is 2. The average Bonchev–Trinajstić information content (AvgIpc) is 2.27. The predicted molar refractivity (Wildman–Crippen MR) is 63.1 cm³/mol. The van der Waals surface area contributed by atoms with Gasteiger partial charge in [-0.15, -0.1) is 0 Å². The van der Waals surface area contributed by atoms with Crippen molar-refractivity contribution < 1.29 is 9.59 Å². The van der Waals surface area contributed by atoms with Crippen LogP contribution in [0, 0.1) is 5.92 Å². The van der Waals surface area contributed by atoms with E-state index in [-0.39, 0.29) is 23.7 Å². The SMILES string of the molecule is CC(=O)C1CCN(C(C)C(=O)N(C)C)CC1. The molecule has 1 atom stereocenters. The number of likely N-dealkylation sites (tertiary alicyclic amines) is 1. The Bertz CT molecular complexity index is 268. The molecule has 1 heterocycles. The van der Waals surface area contributed by atoms with Crippen molar-refractivity contribution >= 4 is 11.7 Å². The van der Waals surface area contributed by atoms with E-state index >= 15 is 0 Å². The number of amides is 1. The first-order valence-corrected chi connectivity index (χ1v) is 5.89. The normalized spacial score (nSPS) is 20.5. The fourth-order valence-corrected chi connectivity index (χ4v) is 2.22. The largest absolute Gasteiger partial charge is 0.347 e. The van der Waals surface area contributed by atoms with E-state index in [1.54, 1.807) is 25.9 Å². The van der Waals surface area contributed by atoms with Gasteiger partial charge < -0.3 is 4.90 Å². The van der Waals surface area contributed by atoms with Gasteiger partial charge in [0.1, 0.15) is 5.78 Å². The zero-order chi connectivity index (χ0) is 12.3. The summed E-state index contributed by atoms with van der Waals surface area (Å²) in [5.74, 6) is 0.630. The highest BCUT2D eigenvalue weighted by Crippen LogP contribution is 2.20. The highest BCUT2D eigenvalue weighted by molar-refractivity contribution is 5.81. The topological polar surface area (TPSA) is 40.6 Å². The van der Waals surface area contributed by atoms with Gasteiger partial charge in [0.05, 0.1) is 6.04 Å². The Morgan fingerprint density at radius 1 is 1.25 bits per heavy atom. The third-order valence-corrected chi connectivity index (χ3v) is 3.45. The molecule has 1 unspecified atom stereocenters. The van der Waals surface area contributed by atoms with Crippen LogP contribution >= 0.6 is 0 Å². The lowest BCUT2D eigenvalue weighted by Crippen LogP contribution is -2.48. The standard InChI is InChI=1S/C12H22N2O2/c1-9(12(16)13(3)4)14-7-5-11(6-8-14)10(2)15/h9,11H,5-8H2,1-4H3. The van der Waals surface area contributed by atoms with Gasteiger partial charge in [-0.2, -0.15) is 0 Å². The molecule has 0 N–H and O–H groups in total. The molecule has 1 amide bonds. The monoisotopic (exact) mass is 226 g/mol. The lowest BCUT2D eigenvalue weighted by molar-refractivity contribution is -0.134. The van der Waals surface area contributed by atoms with E-state index in [1.165, 1.54) is 0 Å². The van der Waals surface area contributed by atoms with Crippen LogP contribution in [0.2, 0.25) is 0 Å². The second-order valence-electron chi connectivity index (χ2n) is 4.83. The van der Waals surface area contributed by atoms with Crippen molar-refractivity contribution in [2.45, 2.75) is 32.7 Å². The molecule has 0 aromatic rings. The van der Waals surface area contributed by atoms with E-state index in [2.05, 4.69) is 4.90 Å². The van der Waals surface area contributed by atoms with Gasteiger partial charge in [0, 0.05) is 20.0 Å². The third-order valence-electron chi connectivity index (χ3n) is 3.45. The fourth-order valence-electron chi connectivity index (χ4n) is 2.22. The maximum atomic E-state index is 11.8. The van der Waals surface area contributed by atoms with Gasteiger partial charge in [0.2, 0.25) is 5.91 Å². The van der Waals surface area contributed by atoms with Crippen molar-refractivity contribution in [2.24, 2.45) is 5.92 Å². The predicted octanol–water partition coefficient (Wildman–Crippen LogP) is 0.764. The van der Waals surface area contributed by atoms with E-state index in [0.717, 1.165) is 25.9 Å². The lowest BCUT2D eigenvalue weighted by Gasteiger charge is -2.35. The zero-order valence-electron chi connectivity index (χ0n) is 10.7. The number of rotatable bonds is 3. The number of hydrogen-bond donors (Lipinski definition) is 0. The molecule has 0 spiro atoms. The average molecular weight is 226 g/mol. The summed E-state index contributed by atoms with van der Waals surface area (Å²) in [4.78, 5) is 26.8. The maximum absolute atomic E-state index is 11.8. The van der Waals surface area contributed by atoms with Crippen molar-refractivity contribution in [3.05, 3.63) is 0 Å². The molecule has 0 radical (unpaired) electrons. The number of piperidine rings is 1. The number of carbonyl (C=O) groups excluding carboxylic acids is 2. The molecule has 0 aliphatic carbocycles. The molecular formula is C12H22N2O2. The Kier molecular flexibility index (Phi) is 4.47. The molecule has 0 bridgehead atoms. The van der Waals surface area contributed by atoms with E-state index in [4.69, 9.17) is 0 Å². The Hall–Kier alpha value is -0.900. The lowest BCUT2D eigenvalue weighted by atomic mass is 9.92. The quantitative estimate of drug-likeness (QED) is 0.713. The first-order chi connectivity index (χ1) is 7.43. The maximum Gasteiger partial charge on any atom is 0.239 e. The third kappa shape index (κ3) is 3.04. The highest BCUT2D eigenvalue weighted by Gasteiger charge is 2.28. The van der Waals surface area contributed by atoms with E-state index in [1.807, 2.05) is 6.92 Å². The summed E-state index contributed by atoms with van der Waals surface area (Å²) in [6.45, 7) is 5.31. The number of hydrogen-bond acceptors (Lipinski definition) is 3. The van der Waals surface area contributed by atoms with E-state index in [0.29, 0.717) is 0 Å². The molecule has 1 rings (SSSR count). The minimum absolute atomic E-state index is 0.0668. The van der Waals surface area contributed by atoms with Crippen molar-refractivity contribution in [2.75, 3.05) is 27.2 Å². The first kappa shape index (κ1) is 13.2. The molecule has 92 valence electrons. The van der Waals surface area contributed by atoms with Gasteiger partial charge in [-0.3, -0.25) is 14.5 Å². The Morgan fingerprint density at radius 3 is 2.12 bits per heavy atom. The number of ketones is 1. The molecule has 16 heavy (non-hydrogen) atoms. The van der Waals surface area contributed by atoms with Crippen molar-refractivity contribution in [3.63, 3.8) is 0 Å². The zero-order valence-corrected chi connectivity index (χ0v) is 10.7. The molecule has 4 nitrogen and oxygen atoms in total. The van der Waals surface area contributed by atoms with Crippen LogP contribution in [-0.4, -0.2) is 54.7 Å². The van der Waals surface area contributed by atoms with Crippen LogP contribution in [0.25, 0.3) is 0 Å². The van der Waals surface area contributed by atoms with Crippen LogP contribution < -0.4 is 0 Å². The van der Waals surface area contributed by atoms with E-state index in [9.17, 15) is 9.59 Å². The van der Waals surface area contributed by atoms with Crippen LogP contribution in [0.1, 0.15) is 26.7 Å². The fraction of sp³-hybridized carbons (Fsp3) is 0.833. The van der Waals surface area contributed by atoms with Gasteiger partial charge >= 0.3 is 0 Å². The van der Waals surface area contributed by atoms with Crippen molar-refractivity contribution in [1.82, 2.24) is 9.80 Å². The molecule has 1 fully saturated rings. The number of carbonyl (C=O) groups is 2. The van der Waals surface area contributed by atoms with Crippen LogP contribution in [0.15, 0.2) is 0 Å². The molecule has 1 saturated heterocycles. The Balaban J connectivity index is 2.47. The summed E-state index contributed by atoms with van der Waals surface area (Å²) in [6.07, 6.45) is 1.78. The van der Waals surface area contributed by atoms with Crippen LogP contribution in [0.5, 0.6) is 0 Å². The Morgan fingerprint density at radius 2 is 1.75 bits per heavy atom. The summed E-state index contributed by atoms with van der Waals surface area (Å²) < 4.78 is 0. The first-order valence-electron chi connectivity index (χ1n) is 5.89. The van der Waals surface area contributed by atoms with Gasteiger partial charge in [-0.25, -0.2) is 0 Å². The Labute approximate surface area is 97.6 Å². The summed E-state index contributed by atoms with van der Waals surface area (Å²) in [6, 6.07) is -0.0668. The van der Waals surface area contributed by atoms with Crippen molar-refractivity contribution in [3.8, 4) is 0 Å². The van der Waals surface area contributed by atoms with Crippen LogP contribution in [0.3, 0.4) is 0 Å². The number of likely N-dealkylation sites (N-methyl/N-ethyl adjacent to an activating group) is 1. The molecule has 0 aromatic carbocycles. The highest BCUT2D eigenvalue weighted by atomic mass is 16.2. The van der Waals surface area contributed by atoms with E-state index < -0.39 is 0 Å². The van der Waals surface area contributed by atoms with Gasteiger partial charge in [0.25, 0.3) is 0 Å². The van der Waals surface area contributed by atoms with Gasteiger partial charge in [-0.05, 0) is 39.8 Å². The second-order valence-corrected chi connectivity index (χ2v) is 4.83. The summed E-state index contributed by atoms with van der Waals surface area (Å²) in [5, 5.41) is 0. The summed E-state index contributed by atoms with van der Waals surface area (Å²) in [7, 11) is 3.56. The molecule has 4 heteroatoms.